The van der Waals surface area contributed by atoms with Gasteiger partial charge in [0.15, 0.2) is 0 Å². The van der Waals surface area contributed by atoms with E-state index in [0.717, 1.165) is 11.3 Å². The van der Waals surface area contributed by atoms with E-state index in [-0.39, 0.29) is 17.5 Å². The normalized spacial score (nSPS) is 12.1. The van der Waals surface area contributed by atoms with Crippen LogP contribution in [0.4, 0.5) is 5.69 Å². The quantitative estimate of drug-likeness (QED) is 0.787. The summed E-state index contributed by atoms with van der Waals surface area (Å²) in [6, 6.07) is 11.9. The first-order valence-electron chi connectivity index (χ1n) is 5.59. The van der Waals surface area contributed by atoms with Gasteiger partial charge in [-0.2, -0.15) is 0 Å². The predicted octanol–water partition coefficient (Wildman–Crippen LogP) is 3.92. The van der Waals surface area contributed by atoms with Gasteiger partial charge in [0.1, 0.15) is 11.5 Å². The molecule has 3 N–H and O–H groups in total. The van der Waals surface area contributed by atoms with Crippen molar-refractivity contribution in [2.45, 2.75) is 13.0 Å². The number of nitrogens with one attached hydrogen (secondary N) is 1. The highest BCUT2D eigenvalue weighted by Gasteiger charge is 2.08. The summed E-state index contributed by atoms with van der Waals surface area (Å²) in [5.41, 5.74) is 1.73. The van der Waals surface area contributed by atoms with Crippen LogP contribution < -0.4 is 5.32 Å². The number of hydrogen-bond acceptors (Lipinski definition) is 3. The Labute approximate surface area is 111 Å². The summed E-state index contributed by atoms with van der Waals surface area (Å²) in [4.78, 5) is 0. The van der Waals surface area contributed by atoms with Crippen molar-refractivity contribution >= 4 is 17.3 Å². The molecule has 0 radical (unpaired) electrons. The van der Waals surface area contributed by atoms with Crippen LogP contribution in [0, 0.1) is 0 Å². The molecule has 18 heavy (non-hydrogen) atoms. The van der Waals surface area contributed by atoms with Gasteiger partial charge in [0.2, 0.25) is 0 Å². The van der Waals surface area contributed by atoms with Crippen molar-refractivity contribution in [2.75, 3.05) is 5.32 Å². The molecule has 94 valence electrons. The van der Waals surface area contributed by atoms with Crippen LogP contribution in [-0.4, -0.2) is 10.2 Å². The maximum atomic E-state index is 9.44. The molecular formula is C14H14ClNO2. The third kappa shape index (κ3) is 3.08. The van der Waals surface area contributed by atoms with Crippen molar-refractivity contribution in [3.05, 3.63) is 53.1 Å². The molecule has 1 atom stereocenters. The minimum Gasteiger partial charge on any atom is -0.508 e. The monoisotopic (exact) mass is 263 g/mol. The van der Waals surface area contributed by atoms with Crippen molar-refractivity contribution < 1.29 is 10.2 Å². The minimum atomic E-state index is -0.0378. The molecule has 0 spiro atoms. The van der Waals surface area contributed by atoms with Crippen LogP contribution in [-0.2, 0) is 0 Å². The lowest BCUT2D eigenvalue weighted by molar-refractivity contribution is 0.448. The summed E-state index contributed by atoms with van der Waals surface area (Å²) in [7, 11) is 0. The average Bonchev–Trinajstić information content (AvgIpc) is 2.31. The Morgan fingerprint density at radius 1 is 1.00 bits per heavy atom. The first kappa shape index (κ1) is 12.6. The lowest BCUT2D eigenvalue weighted by atomic mass is 10.1. The molecule has 2 aromatic carbocycles. The maximum absolute atomic E-state index is 9.44. The molecule has 3 nitrogen and oxygen atoms in total. The van der Waals surface area contributed by atoms with Crippen LogP contribution in [0.3, 0.4) is 0 Å². The molecule has 2 rings (SSSR count). The van der Waals surface area contributed by atoms with Crippen LogP contribution in [0.2, 0.25) is 5.02 Å². The highest BCUT2D eigenvalue weighted by atomic mass is 35.5. The van der Waals surface area contributed by atoms with E-state index in [0.29, 0.717) is 5.02 Å². The molecule has 4 heteroatoms. The van der Waals surface area contributed by atoms with E-state index >= 15 is 0 Å². The maximum Gasteiger partial charge on any atom is 0.119 e. The van der Waals surface area contributed by atoms with Gasteiger partial charge in [0, 0.05) is 22.8 Å². The zero-order valence-corrected chi connectivity index (χ0v) is 10.6. The van der Waals surface area contributed by atoms with Crippen LogP contribution >= 0.6 is 11.6 Å². The van der Waals surface area contributed by atoms with Crippen molar-refractivity contribution in [1.29, 1.82) is 0 Å². The largest absolute Gasteiger partial charge is 0.508 e. The zero-order chi connectivity index (χ0) is 13.1. The Hall–Kier alpha value is -1.87. The smallest absolute Gasteiger partial charge is 0.119 e. The van der Waals surface area contributed by atoms with Crippen LogP contribution in [0.1, 0.15) is 18.5 Å². The lowest BCUT2D eigenvalue weighted by Gasteiger charge is -2.16. The SMILES string of the molecule is CC(Nc1ccc(Cl)cc1)c1cc(O)cc(O)c1. The summed E-state index contributed by atoms with van der Waals surface area (Å²) in [5.74, 6) is 0.101. The van der Waals surface area contributed by atoms with E-state index in [2.05, 4.69) is 5.32 Å². The minimum absolute atomic E-state index is 0.0378. The number of benzene rings is 2. The van der Waals surface area contributed by atoms with Crippen LogP contribution in [0.15, 0.2) is 42.5 Å². The Morgan fingerprint density at radius 3 is 2.11 bits per heavy atom. The van der Waals surface area contributed by atoms with Gasteiger partial charge >= 0.3 is 0 Å². The van der Waals surface area contributed by atoms with E-state index in [1.54, 1.807) is 24.3 Å². The second kappa shape index (κ2) is 5.19. The molecule has 0 aliphatic rings. The fourth-order valence-corrected chi connectivity index (χ4v) is 1.87. The number of phenols is 2. The highest BCUT2D eigenvalue weighted by molar-refractivity contribution is 6.30. The van der Waals surface area contributed by atoms with E-state index in [9.17, 15) is 10.2 Å². The summed E-state index contributed by atoms with van der Waals surface area (Å²) in [5, 5.41) is 22.8. The number of anilines is 1. The van der Waals surface area contributed by atoms with Gasteiger partial charge in [-0.1, -0.05) is 11.6 Å². The van der Waals surface area contributed by atoms with Gasteiger partial charge in [-0.25, -0.2) is 0 Å². The second-order valence-electron chi connectivity index (χ2n) is 4.16. The number of hydrogen-bond donors (Lipinski definition) is 3. The summed E-state index contributed by atoms with van der Waals surface area (Å²) >= 11 is 5.81. The van der Waals surface area contributed by atoms with Gasteiger partial charge in [-0.05, 0) is 48.9 Å². The van der Waals surface area contributed by atoms with E-state index in [1.807, 2.05) is 19.1 Å². The fraction of sp³-hybridized carbons (Fsp3) is 0.143. The fourth-order valence-electron chi connectivity index (χ4n) is 1.75. The third-order valence-corrected chi connectivity index (χ3v) is 2.90. The Kier molecular flexibility index (Phi) is 3.63. The van der Waals surface area contributed by atoms with Crippen molar-refractivity contribution in [1.82, 2.24) is 0 Å². The molecule has 2 aromatic rings. The molecule has 1 unspecified atom stereocenters. The summed E-state index contributed by atoms with van der Waals surface area (Å²) in [6.45, 7) is 1.95. The molecule has 0 saturated carbocycles. The number of phenolic OH excluding ortho intramolecular Hbond substituents is 2. The van der Waals surface area contributed by atoms with Gasteiger partial charge in [-0.3, -0.25) is 0 Å². The van der Waals surface area contributed by atoms with Crippen LogP contribution in [0.5, 0.6) is 11.5 Å². The highest BCUT2D eigenvalue weighted by Crippen LogP contribution is 2.27. The van der Waals surface area contributed by atoms with Gasteiger partial charge in [0.05, 0.1) is 0 Å². The first-order valence-corrected chi connectivity index (χ1v) is 5.97. The van der Waals surface area contributed by atoms with Crippen molar-refractivity contribution in [3.8, 4) is 11.5 Å². The standard InChI is InChI=1S/C14H14ClNO2/c1-9(10-6-13(17)8-14(18)7-10)16-12-4-2-11(15)3-5-12/h2-9,16-18H,1H3. The average molecular weight is 264 g/mol. The van der Waals surface area contributed by atoms with Crippen molar-refractivity contribution in [3.63, 3.8) is 0 Å². The predicted molar refractivity (Wildman–Crippen MR) is 73.3 cm³/mol. The summed E-state index contributed by atoms with van der Waals surface area (Å²) in [6.07, 6.45) is 0. The molecule has 0 amide bonds. The van der Waals surface area contributed by atoms with Crippen LogP contribution in [0.25, 0.3) is 0 Å². The summed E-state index contributed by atoms with van der Waals surface area (Å²) < 4.78 is 0. The first-order chi connectivity index (χ1) is 8.54. The van der Waals surface area contributed by atoms with Gasteiger partial charge < -0.3 is 15.5 Å². The number of rotatable bonds is 3. The molecule has 0 heterocycles. The Morgan fingerprint density at radius 2 is 1.56 bits per heavy atom. The molecule has 0 aliphatic heterocycles. The zero-order valence-electron chi connectivity index (χ0n) is 9.89. The third-order valence-electron chi connectivity index (χ3n) is 2.65. The topological polar surface area (TPSA) is 52.5 Å². The van der Waals surface area contributed by atoms with Crippen molar-refractivity contribution in [2.24, 2.45) is 0 Å². The van der Waals surface area contributed by atoms with E-state index in [1.165, 1.54) is 6.07 Å². The number of aromatic hydroxyl groups is 2. The molecule has 0 aliphatic carbocycles. The molecule has 0 saturated heterocycles. The Balaban J connectivity index is 2.16. The second-order valence-corrected chi connectivity index (χ2v) is 4.59. The van der Waals surface area contributed by atoms with E-state index < -0.39 is 0 Å². The lowest BCUT2D eigenvalue weighted by Crippen LogP contribution is -2.06. The number of halogens is 1. The van der Waals surface area contributed by atoms with Gasteiger partial charge in [0.25, 0.3) is 0 Å². The Bertz CT molecular complexity index is 520. The molecule has 0 bridgehead atoms. The molecule has 0 fully saturated rings. The van der Waals surface area contributed by atoms with E-state index in [4.69, 9.17) is 11.6 Å². The molecular weight excluding hydrogens is 250 g/mol. The molecule has 0 aromatic heterocycles. The van der Waals surface area contributed by atoms with Gasteiger partial charge in [-0.15, -0.1) is 0 Å².